The smallest absolute Gasteiger partial charge is 0.0571 e. The number of hydrogen-bond acceptors (Lipinski definition) is 2. The summed E-state index contributed by atoms with van der Waals surface area (Å²) in [7, 11) is 0. The Hall–Kier alpha value is -0.0800. The maximum Gasteiger partial charge on any atom is 0.0571 e. The topological polar surface area (TPSA) is 40.5 Å². The van der Waals surface area contributed by atoms with Crippen LogP contribution in [0.4, 0.5) is 0 Å². The molecule has 2 fully saturated rings. The molecule has 2 nitrogen and oxygen atoms in total. The molecule has 0 aromatic carbocycles. The SMILES string of the molecule is CCCCC1CC(C(CCC)C2CC(CCCC)C(O)CC2C)C(C)CC1O. The molecule has 8 unspecified atom stereocenters. The Morgan fingerprint density at radius 1 is 0.679 bits per heavy atom. The third kappa shape index (κ3) is 6.21. The third-order valence-electron chi connectivity index (χ3n) is 8.51. The first kappa shape index (κ1) is 24.2. The van der Waals surface area contributed by atoms with Gasteiger partial charge in [0.05, 0.1) is 12.2 Å². The van der Waals surface area contributed by atoms with Gasteiger partial charge in [0, 0.05) is 0 Å². The largest absolute Gasteiger partial charge is 0.393 e. The lowest BCUT2D eigenvalue weighted by Gasteiger charge is -2.49. The average molecular weight is 395 g/mol. The highest BCUT2D eigenvalue weighted by molar-refractivity contribution is 4.94. The van der Waals surface area contributed by atoms with Crippen molar-refractivity contribution < 1.29 is 10.2 Å². The Morgan fingerprint density at radius 3 is 1.46 bits per heavy atom. The minimum absolute atomic E-state index is 0.0806. The van der Waals surface area contributed by atoms with Gasteiger partial charge >= 0.3 is 0 Å². The van der Waals surface area contributed by atoms with Crippen LogP contribution < -0.4 is 0 Å². The zero-order valence-electron chi connectivity index (χ0n) is 19.6. The first-order valence-corrected chi connectivity index (χ1v) is 12.8. The van der Waals surface area contributed by atoms with Gasteiger partial charge in [-0.3, -0.25) is 0 Å². The van der Waals surface area contributed by atoms with Crippen LogP contribution in [0.5, 0.6) is 0 Å². The summed E-state index contributed by atoms with van der Waals surface area (Å²) in [5, 5.41) is 21.4. The minimum atomic E-state index is -0.0806. The highest BCUT2D eigenvalue weighted by Gasteiger charge is 2.44. The molecule has 0 aromatic heterocycles. The van der Waals surface area contributed by atoms with E-state index in [0.29, 0.717) is 23.7 Å². The molecule has 2 rings (SSSR count). The molecule has 2 N–H and O–H groups in total. The third-order valence-corrected chi connectivity index (χ3v) is 8.51. The van der Waals surface area contributed by atoms with Gasteiger partial charge in [-0.1, -0.05) is 73.1 Å². The molecule has 0 bridgehead atoms. The van der Waals surface area contributed by atoms with Gasteiger partial charge in [0.15, 0.2) is 0 Å². The number of aliphatic hydroxyl groups excluding tert-OH is 2. The summed E-state index contributed by atoms with van der Waals surface area (Å²) in [5.74, 6) is 4.61. The molecule has 0 aliphatic heterocycles. The Labute approximate surface area is 175 Å². The van der Waals surface area contributed by atoms with E-state index in [-0.39, 0.29) is 12.2 Å². The second kappa shape index (κ2) is 11.9. The standard InChI is InChI=1S/C26H50O2/c1-6-9-12-20-16-23(18(4)14-25(20)27)22(11-8-3)24-17-21(13-10-7-2)26(28)15-19(24)5/h18-28H,6-17H2,1-5H3. The van der Waals surface area contributed by atoms with E-state index in [1.165, 1.54) is 64.2 Å². The van der Waals surface area contributed by atoms with E-state index < -0.39 is 0 Å². The summed E-state index contributed by atoms with van der Waals surface area (Å²) >= 11 is 0. The van der Waals surface area contributed by atoms with Gasteiger partial charge in [0.1, 0.15) is 0 Å². The van der Waals surface area contributed by atoms with E-state index in [9.17, 15) is 10.2 Å². The maximum atomic E-state index is 10.7. The molecule has 0 amide bonds. The number of rotatable bonds is 10. The van der Waals surface area contributed by atoms with Gasteiger partial charge < -0.3 is 10.2 Å². The van der Waals surface area contributed by atoms with Crippen molar-refractivity contribution in [2.75, 3.05) is 0 Å². The molecule has 0 heterocycles. The minimum Gasteiger partial charge on any atom is -0.393 e. The summed E-state index contributed by atoms with van der Waals surface area (Å²) in [4.78, 5) is 0. The second-order valence-electron chi connectivity index (χ2n) is 10.6. The summed E-state index contributed by atoms with van der Waals surface area (Å²) in [5.41, 5.74) is 0. The van der Waals surface area contributed by atoms with E-state index in [1.807, 2.05) is 0 Å². The van der Waals surface area contributed by atoms with Crippen molar-refractivity contribution >= 4 is 0 Å². The van der Waals surface area contributed by atoms with Crippen molar-refractivity contribution in [1.82, 2.24) is 0 Å². The van der Waals surface area contributed by atoms with Crippen LogP contribution in [0.25, 0.3) is 0 Å². The summed E-state index contributed by atoms with van der Waals surface area (Å²) in [6.45, 7) is 11.7. The van der Waals surface area contributed by atoms with Gasteiger partial charge in [-0.05, 0) is 80.0 Å². The van der Waals surface area contributed by atoms with Crippen LogP contribution in [0.1, 0.15) is 112 Å². The first-order valence-electron chi connectivity index (χ1n) is 12.8. The summed E-state index contributed by atoms with van der Waals surface area (Å²) in [6, 6.07) is 0. The van der Waals surface area contributed by atoms with Gasteiger partial charge in [-0.25, -0.2) is 0 Å². The lowest BCUT2D eigenvalue weighted by molar-refractivity contribution is -0.0504. The highest BCUT2D eigenvalue weighted by Crippen LogP contribution is 2.50. The fourth-order valence-corrected chi connectivity index (χ4v) is 6.80. The van der Waals surface area contributed by atoms with Crippen LogP contribution in [0.2, 0.25) is 0 Å². The normalized spacial score (nSPS) is 40.4. The molecular weight excluding hydrogens is 344 g/mol. The molecule has 0 saturated heterocycles. The maximum absolute atomic E-state index is 10.7. The van der Waals surface area contributed by atoms with Crippen LogP contribution in [0.15, 0.2) is 0 Å². The molecule has 0 aromatic rings. The molecule has 28 heavy (non-hydrogen) atoms. The Kier molecular flexibility index (Phi) is 10.3. The molecule has 2 saturated carbocycles. The second-order valence-corrected chi connectivity index (χ2v) is 10.6. The van der Waals surface area contributed by atoms with Crippen molar-refractivity contribution in [2.24, 2.45) is 41.4 Å². The van der Waals surface area contributed by atoms with Crippen LogP contribution >= 0.6 is 0 Å². The quantitative estimate of drug-likeness (QED) is 0.426. The zero-order chi connectivity index (χ0) is 20.7. The van der Waals surface area contributed by atoms with Crippen molar-refractivity contribution in [3.8, 4) is 0 Å². The lowest BCUT2D eigenvalue weighted by Crippen LogP contribution is -2.44. The van der Waals surface area contributed by atoms with Gasteiger partial charge in [-0.2, -0.15) is 0 Å². The van der Waals surface area contributed by atoms with Crippen molar-refractivity contribution in [1.29, 1.82) is 0 Å². The molecule has 166 valence electrons. The number of unbranched alkanes of at least 4 members (excludes halogenated alkanes) is 2. The van der Waals surface area contributed by atoms with Crippen molar-refractivity contribution in [3.63, 3.8) is 0 Å². The lowest BCUT2D eigenvalue weighted by atomic mass is 9.58. The van der Waals surface area contributed by atoms with E-state index in [0.717, 1.165) is 30.6 Å². The molecular formula is C26H50O2. The van der Waals surface area contributed by atoms with Crippen molar-refractivity contribution in [2.45, 2.75) is 124 Å². The molecule has 8 atom stereocenters. The summed E-state index contributed by atoms with van der Waals surface area (Å²) in [6.07, 6.45) is 14.3. The summed E-state index contributed by atoms with van der Waals surface area (Å²) < 4.78 is 0. The van der Waals surface area contributed by atoms with Crippen LogP contribution in [0.3, 0.4) is 0 Å². The van der Waals surface area contributed by atoms with Crippen LogP contribution in [0, 0.1) is 41.4 Å². The Balaban J connectivity index is 2.14. The molecule has 2 aliphatic carbocycles. The zero-order valence-corrected chi connectivity index (χ0v) is 19.6. The molecule has 2 heteroatoms. The van der Waals surface area contributed by atoms with Crippen molar-refractivity contribution in [3.05, 3.63) is 0 Å². The first-order chi connectivity index (χ1) is 13.4. The van der Waals surface area contributed by atoms with E-state index in [4.69, 9.17) is 0 Å². The number of aliphatic hydroxyl groups is 2. The van der Waals surface area contributed by atoms with Crippen LogP contribution in [-0.2, 0) is 0 Å². The fraction of sp³-hybridized carbons (Fsp3) is 1.00. The Morgan fingerprint density at radius 2 is 1.11 bits per heavy atom. The van der Waals surface area contributed by atoms with Gasteiger partial charge in [-0.15, -0.1) is 0 Å². The van der Waals surface area contributed by atoms with E-state index in [2.05, 4.69) is 34.6 Å². The predicted molar refractivity (Wildman–Crippen MR) is 120 cm³/mol. The van der Waals surface area contributed by atoms with Gasteiger partial charge in [0.2, 0.25) is 0 Å². The number of hydrogen-bond donors (Lipinski definition) is 2. The average Bonchev–Trinajstić information content (AvgIpc) is 2.65. The predicted octanol–water partition coefficient (Wildman–Crippen LogP) is 6.83. The highest BCUT2D eigenvalue weighted by atomic mass is 16.3. The Bertz CT molecular complexity index is 387. The molecule has 2 aliphatic rings. The fourth-order valence-electron chi connectivity index (χ4n) is 6.80. The molecule has 0 spiro atoms. The van der Waals surface area contributed by atoms with E-state index >= 15 is 0 Å². The molecule has 0 radical (unpaired) electrons. The van der Waals surface area contributed by atoms with E-state index in [1.54, 1.807) is 0 Å². The van der Waals surface area contributed by atoms with Gasteiger partial charge in [0.25, 0.3) is 0 Å². The monoisotopic (exact) mass is 394 g/mol. The van der Waals surface area contributed by atoms with Crippen LogP contribution in [-0.4, -0.2) is 22.4 Å².